The monoisotopic (exact) mass is 1080 g/mol. The minimum atomic E-state index is -4.60. The van der Waals surface area contributed by atoms with Gasteiger partial charge in [0.25, 0.3) is 0 Å². The molecule has 2 aliphatic rings. The molecule has 0 aliphatic carbocycles. The summed E-state index contributed by atoms with van der Waals surface area (Å²) in [5.74, 6) is -0.209. The van der Waals surface area contributed by atoms with Gasteiger partial charge in [-0.15, -0.1) is 0 Å². The summed E-state index contributed by atoms with van der Waals surface area (Å²) >= 11 is 1.88. The lowest BCUT2D eigenvalue weighted by Gasteiger charge is -2.20. The average molecular weight is 1080 g/mol. The van der Waals surface area contributed by atoms with Crippen molar-refractivity contribution in [1.82, 2.24) is 21.3 Å². The number of phosphoric acid groups is 1. The maximum absolute atomic E-state index is 12.9. The quantitative estimate of drug-likeness (QED) is 0.0127. The lowest BCUT2D eigenvalue weighted by atomic mass is 10.0. The van der Waals surface area contributed by atoms with E-state index in [2.05, 4.69) is 59.4 Å². The molecule has 2 rings (SSSR count). The van der Waals surface area contributed by atoms with Crippen LogP contribution < -0.4 is 21.3 Å². The molecule has 2 heterocycles. The summed E-state index contributed by atoms with van der Waals surface area (Å²) in [5, 5.41) is 12.0. The number of esters is 2. The number of nitrogens with one attached hydrogen (secondary N) is 4. The molecule has 17 heteroatoms. The number of urea groups is 1. The second-order valence-corrected chi connectivity index (χ2v) is 23.2. The number of carbonyl (C=O) groups excluding carboxylic acids is 5. The molecule has 0 aromatic heterocycles. The molecule has 15 nitrogen and oxygen atoms in total. The molecule has 5 N–H and O–H groups in total. The van der Waals surface area contributed by atoms with Crippen molar-refractivity contribution in [2.75, 3.05) is 38.7 Å². The van der Waals surface area contributed by atoms with Crippen LogP contribution in [0, 0.1) is 0 Å². The molecule has 0 radical (unpaired) electrons. The SMILES string of the molecule is CCCCCCCCC=CCCCCCCCC(=O)OCC(COP(=O)(O)OCCNC(=O)CCCCCNC(=O)CCCCC1SCC2NC(=O)NC21)OC(=O)CCCCCCCC=CCCCCCCCC. The molecule has 428 valence electrons. The Hall–Kier alpha value is -2.91. The van der Waals surface area contributed by atoms with Gasteiger partial charge in [-0.1, -0.05) is 154 Å². The van der Waals surface area contributed by atoms with Crippen molar-refractivity contribution < 1.29 is 52.0 Å². The third-order valence-corrected chi connectivity index (χ3v) is 16.1. The summed E-state index contributed by atoms with van der Waals surface area (Å²) in [4.78, 5) is 72.1. The predicted molar refractivity (Wildman–Crippen MR) is 300 cm³/mol. The van der Waals surface area contributed by atoms with E-state index in [0.717, 1.165) is 115 Å². The zero-order valence-corrected chi connectivity index (χ0v) is 47.9. The van der Waals surface area contributed by atoms with Gasteiger partial charge in [-0.05, 0) is 89.9 Å². The third-order valence-electron chi connectivity index (χ3n) is 13.6. The molecule has 2 fully saturated rings. The van der Waals surface area contributed by atoms with Crippen molar-refractivity contribution in [3.63, 3.8) is 0 Å². The average Bonchev–Trinajstić information content (AvgIpc) is 3.94. The summed E-state index contributed by atoms with van der Waals surface area (Å²) in [6, 6.07) is 0.303. The van der Waals surface area contributed by atoms with Crippen molar-refractivity contribution in [2.24, 2.45) is 0 Å². The zero-order valence-electron chi connectivity index (χ0n) is 46.2. The first-order chi connectivity index (χ1) is 36.0. The Kier molecular flexibility index (Phi) is 42.0. The Labute approximate surface area is 452 Å². The van der Waals surface area contributed by atoms with Gasteiger partial charge in [-0.25, -0.2) is 9.36 Å². The van der Waals surface area contributed by atoms with E-state index in [1.165, 1.54) is 77.0 Å². The molecule has 0 spiro atoms. The molecule has 0 aromatic carbocycles. The van der Waals surface area contributed by atoms with E-state index in [-0.39, 0.29) is 69.0 Å². The highest BCUT2D eigenvalue weighted by Crippen LogP contribution is 2.43. The molecular formula is C57H103N4O11PS. The number of thioether (sulfide) groups is 1. The van der Waals surface area contributed by atoms with Crippen LogP contribution in [0.15, 0.2) is 24.3 Å². The lowest BCUT2D eigenvalue weighted by Crippen LogP contribution is -2.36. The minimum Gasteiger partial charge on any atom is -0.462 e. The highest BCUT2D eigenvalue weighted by Gasteiger charge is 2.42. The van der Waals surface area contributed by atoms with Crippen molar-refractivity contribution in [1.29, 1.82) is 0 Å². The fourth-order valence-electron chi connectivity index (χ4n) is 9.13. The van der Waals surface area contributed by atoms with Crippen LogP contribution in [0.25, 0.3) is 0 Å². The highest BCUT2D eigenvalue weighted by atomic mass is 32.2. The first-order valence-corrected chi connectivity index (χ1v) is 32.1. The van der Waals surface area contributed by atoms with E-state index in [1.807, 2.05) is 11.8 Å². The molecule has 5 unspecified atom stereocenters. The van der Waals surface area contributed by atoms with Crippen molar-refractivity contribution >= 4 is 49.4 Å². The first kappa shape index (κ1) is 67.2. The van der Waals surface area contributed by atoms with E-state index < -0.39 is 32.5 Å². The van der Waals surface area contributed by atoms with Crippen LogP contribution in [0.5, 0.6) is 0 Å². The number of allylic oxidation sites excluding steroid dienone is 4. The van der Waals surface area contributed by atoms with Crippen molar-refractivity contribution in [3.05, 3.63) is 24.3 Å². The predicted octanol–water partition coefficient (Wildman–Crippen LogP) is 13.2. The number of hydrogen-bond acceptors (Lipinski definition) is 11. The van der Waals surface area contributed by atoms with E-state index in [1.54, 1.807) is 0 Å². The third kappa shape index (κ3) is 38.6. The van der Waals surface area contributed by atoms with Gasteiger partial charge in [-0.2, -0.15) is 11.8 Å². The summed E-state index contributed by atoms with van der Waals surface area (Å²) in [6.07, 6.45) is 43.8. The van der Waals surface area contributed by atoms with Gasteiger partial charge in [-0.3, -0.25) is 28.2 Å². The summed E-state index contributed by atoms with van der Waals surface area (Å²) in [6.45, 7) is 3.89. The number of fused-ring (bicyclic) bond motifs is 1. The first-order valence-electron chi connectivity index (χ1n) is 29.5. The molecule has 0 bridgehead atoms. The van der Waals surface area contributed by atoms with Gasteiger partial charge in [0.1, 0.15) is 6.61 Å². The topological polar surface area (TPSA) is 208 Å². The second kappa shape index (κ2) is 46.2. The Morgan fingerprint density at radius 1 is 0.595 bits per heavy atom. The molecule has 74 heavy (non-hydrogen) atoms. The fourth-order valence-corrected chi connectivity index (χ4v) is 11.4. The van der Waals surface area contributed by atoms with E-state index in [9.17, 15) is 33.4 Å². The van der Waals surface area contributed by atoms with Gasteiger partial charge in [0.2, 0.25) is 11.8 Å². The van der Waals surface area contributed by atoms with Gasteiger partial charge in [0.15, 0.2) is 6.10 Å². The van der Waals surface area contributed by atoms with Gasteiger partial charge >= 0.3 is 25.8 Å². The maximum atomic E-state index is 12.9. The number of ether oxygens (including phenoxy) is 2. The standard InChI is InChI=1S/C57H103N4O11PS/c1-3-5-7-9-11-13-15-17-19-21-23-25-27-29-33-41-54(64)69-46-49(72-55(65)42-34-30-28-26-24-22-20-18-16-14-12-10-8-6-4-2)47-71-73(67,68)70-45-44-59-53(63)39-32-31-37-43-58-52(62)40-36-35-38-51-56-50(48-74-51)60-57(66)61-56/h17-20,49-51,56H,3-16,21-48H2,1-2H3,(H,58,62)(H,59,63)(H,67,68)(H2,60,61,66). The number of phosphoric ester groups is 1. The van der Waals surface area contributed by atoms with E-state index in [0.29, 0.717) is 37.5 Å². The Bertz CT molecular complexity index is 1590. The van der Waals surface area contributed by atoms with Gasteiger partial charge in [0.05, 0.1) is 25.3 Å². The molecular weight excluding hydrogens is 980 g/mol. The van der Waals surface area contributed by atoms with Crippen LogP contribution in [0.1, 0.15) is 245 Å². The number of unbranched alkanes of at least 4 members (excludes halogenated alkanes) is 25. The smallest absolute Gasteiger partial charge is 0.462 e. The molecule has 5 atom stereocenters. The van der Waals surface area contributed by atoms with E-state index >= 15 is 0 Å². The van der Waals surface area contributed by atoms with Crippen molar-refractivity contribution in [2.45, 2.75) is 268 Å². The van der Waals surface area contributed by atoms with Crippen LogP contribution >= 0.6 is 19.6 Å². The molecule has 0 aromatic rings. The fraction of sp³-hybridized carbons (Fsp3) is 0.842. The molecule has 0 saturated carbocycles. The Morgan fingerprint density at radius 3 is 1.64 bits per heavy atom. The summed E-state index contributed by atoms with van der Waals surface area (Å²) in [7, 11) is -4.60. The lowest BCUT2D eigenvalue weighted by molar-refractivity contribution is -0.161. The van der Waals surface area contributed by atoms with Crippen molar-refractivity contribution in [3.8, 4) is 0 Å². The minimum absolute atomic E-state index is 0.0165. The largest absolute Gasteiger partial charge is 0.472 e. The van der Waals surface area contributed by atoms with E-state index in [4.69, 9.17) is 18.5 Å². The number of rotatable bonds is 51. The molecule has 2 saturated heterocycles. The summed E-state index contributed by atoms with van der Waals surface area (Å²) < 4.78 is 34.1. The second-order valence-electron chi connectivity index (χ2n) is 20.4. The van der Waals surface area contributed by atoms with Crippen LogP contribution in [0.2, 0.25) is 0 Å². The number of carbonyl (C=O) groups is 5. The molecule has 2 aliphatic heterocycles. The van der Waals surface area contributed by atoms with Crippen LogP contribution in [-0.4, -0.2) is 96.8 Å². The van der Waals surface area contributed by atoms with Crippen LogP contribution in [0.3, 0.4) is 0 Å². The number of amides is 4. The van der Waals surface area contributed by atoms with Gasteiger partial charge < -0.3 is 35.6 Å². The zero-order chi connectivity index (χ0) is 53.6. The highest BCUT2D eigenvalue weighted by molar-refractivity contribution is 8.00. The van der Waals surface area contributed by atoms with Gasteiger partial charge in [0, 0.05) is 49.8 Å². The Balaban J connectivity index is 1.61. The normalized spacial score (nSPS) is 17.5. The van der Waals surface area contributed by atoms with Crippen LogP contribution in [-0.2, 0) is 42.3 Å². The maximum Gasteiger partial charge on any atom is 0.472 e. The summed E-state index contributed by atoms with van der Waals surface area (Å²) in [5.41, 5.74) is 0. The Morgan fingerprint density at radius 2 is 1.07 bits per heavy atom. The van der Waals surface area contributed by atoms with Crippen LogP contribution in [0.4, 0.5) is 4.79 Å². The molecule has 4 amide bonds. The number of hydrogen-bond donors (Lipinski definition) is 5.